The first-order chi connectivity index (χ1) is 5.95. The lowest BCUT2D eigenvalue weighted by atomic mass is 9.94. The summed E-state index contributed by atoms with van der Waals surface area (Å²) in [6.07, 6.45) is 4.06. The molecule has 0 aliphatic carbocycles. The molecule has 1 heterocycles. The highest BCUT2D eigenvalue weighted by atomic mass is 35.5. The summed E-state index contributed by atoms with van der Waals surface area (Å²) in [5, 5.41) is 0. The SMILES string of the molecule is C/C=C/c1cc(C(C)(C)C)sc1Cl. The first-order valence-electron chi connectivity index (χ1n) is 4.37. The molecule has 0 atom stereocenters. The zero-order valence-corrected chi connectivity index (χ0v) is 10.1. The molecule has 1 rings (SSSR count). The van der Waals surface area contributed by atoms with Gasteiger partial charge in [-0.15, -0.1) is 11.3 Å². The van der Waals surface area contributed by atoms with Crippen LogP contribution in [0.1, 0.15) is 38.1 Å². The summed E-state index contributed by atoms with van der Waals surface area (Å²) in [5.41, 5.74) is 1.34. The fraction of sp³-hybridized carbons (Fsp3) is 0.455. The standard InChI is InChI=1S/C11H15ClS/c1-5-6-8-7-9(11(2,3)4)13-10(8)12/h5-7H,1-4H3/b6-5+. The van der Waals surface area contributed by atoms with E-state index in [4.69, 9.17) is 11.6 Å². The Kier molecular flexibility index (Phi) is 3.20. The quantitative estimate of drug-likeness (QED) is 0.634. The molecular weight excluding hydrogens is 200 g/mol. The molecule has 0 unspecified atom stereocenters. The van der Waals surface area contributed by atoms with E-state index in [-0.39, 0.29) is 5.41 Å². The molecule has 0 bridgehead atoms. The molecule has 0 N–H and O–H groups in total. The summed E-state index contributed by atoms with van der Waals surface area (Å²) in [6.45, 7) is 8.61. The fourth-order valence-corrected chi connectivity index (χ4v) is 2.34. The summed E-state index contributed by atoms with van der Waals surface area (Å²) in [7, 11) is 0. The number of rotatable bonds is 1. The van der Waals surface area contributed by atoms with Crippen LogP contribution >= 0.6 is 22.9 Å². The van der Waals surface area contributed by atoms with Crippen molar-refractivity contribution in [3.8, 4) is 0 Å². The average molecular weight is 215 g/mol. The van der Waals surface area contributed by atoms with Gasteiger partial charge in [0, 0.05) is 10.4 Å². The highest BCUT2D eigenvalue weighted by Crippen LogP contribution is 2.35. The van der Waals surface area contributed by atoms with Crippen molar-refractivity contribution in [2.45, 2.75) is 33.1 Å². The molecule has 2 heteroatoms. The zero-order chi connectivity index (χ0) is 10.1. The minimum absolute atomic E-state index is 0.203. The second kappa shape index (κ2) is 3.85. The van der Waals surface area contributed by atoms with Gasteiger partial charge in [-0.1, -0.05) is 44.5 Å². The van der Waals surface area contributed by atoms with Crippen molar-refractivity contribution < 1.29 is 0 Å². The van der Waals surface area contributed by atoms with Gasteiger partial charge in [0.05, 0.1) is 0 Å². The van der Waals surface area contributed by atoms with Gasteiger partial charge in [-0.05, 0) is 18.4 Å². The maximum absolute atomic E-state index is 6.10. The predicted octanol–water partition coefficient (Wildman–Crippen LogP) is 4.73. The first kappa shape index (κ1) is 10.8. The predicted molar refractivity (Wildman–Crippen MR) is 62.7 cm³/mol. The van der Waals surface area contributed by atoms with Crippen molar-refractivity contribution in [2.24, 2.45) is 0 Å². The van der Waals surface area contributed by atoms with Crippen LogP contribution in [0.15, 0.2) is 12.1 Å². The Morgan fingerprint density at radius 2 is 2.00 bits per heavy atom. The number of halogens is 1. The average Bonchev–Trinajstić information content (AvgIpc) is 2.32. The number of allylic oxidation sites excluding steroid dienone is 1. The minimum Gasteiger partial charge on any atom is -0.127 e. The van der Waals surface area contributed by atoms with Crippen molar-refractivity contribution >= 4 is 29.0 Å². The third-order valence-corrected chi connectivity index (χ3v) is 3.61. The van der Waals surface area contributed by atoms with Crippen molar-refractivity contribution in [3.05, 3.63) is 26.9 Å². The van der Waals surface area contributed by atoms with E-state index in [1.807, 2.05) is 19.1 Å². The Morgan fingerprint density at radius 3 is 2.38 bits per heavy atom. The number of thiophene rings is 1. The maximum atomic E-state index is 6.10. The maximum Gasteiger partial charge on any atom is 0.100 e. The Hall–Kier alpha value is -0.270. The van der Waals surface area contributed by atoms with Crippen molar-refractivity contribution in [1.82, 2.24) is 0 Å². The van der Waals surface area contributed by atoms with Gasteiger partial charge in [0.1, 0.15) is 4.34 Å². The van der Waals surface area contributed by atoms with E-state index in [0.29, 0.717) is 0 Å². The van der Waals surface area contributed by atoms with Crippen LogP contribution in [0.25, 0.3) is 6.08 Å². The van der Waals surface area contributed by atoms with E-state index >= 15 is 0 Å². The van der Waals surface area contributed by atoms with Gasteiger partial charge in [-0.25, -0.2) is 0 Å². The van der Waals surface area contributed by atoms with E-state index in [0.717, 1.165) is 9.90 Å². The Balaban J connectivity index is 3.09. The summed E-state index contributed by atoms with van der Waals surface area (Å²) >= 11 is 7.77. The van der Waals surface area contributed by atoms with Crippen LogP contribution in [-0.4, -0.2) is 0 Å². The van der Waals surface area contributed by atoms with Gasteiger partial charge in [-0.2, -0.15) is 0 Å². The molecule has 72 valence electrons. The lowest BCUT2D eigenvalue weighted by Gasteiger charge is -2.14. The van der Waals surface area contributed by atoms with E-state index in [9.17, 15) is 0 Å². The van der Waals surface area contributed by atoms with Crippen LogP contribution in [-0.2, 0) is 5.41 Å². The van der Waals surface area contributed by atoms with Crippen LogP contribution in [0, 0.1) is 0 Å². The molecule has 0 fully saturated rings. The highest BCUT2D eigenvalue weighted by molar-refractivity contribution is 7.16. The van der Waals surface area contributed by atoms with Crippen molar-refractivity contribution in [3.63, 3.8) is 0 Å². The molecule has 0 saturated carbocycles. The summed E-state index contributed by atoms with van der Waals surface area (Å²) < 4.78 is 0.892. The molecule has 0 saturated heterocycles. The first-order valence-corrected chi connectivity index (χ1v) is 5.57. The number of hydrogen-bond acceptors (Lipinski definition) is 1. The molecule has 0 aliphatic rings. The molecule has 0 radical (unpaired) electrons. The van der Waals surface area contributed by atoms with Crippen LogP contribution in [0.2, 0.25) is 4.34 Å². The molecule has 0 aliphatic heterocycles. The molecule has 0 nitrogen and oxygen atoms in total. The van der Waals surface area contributed by atoms with Gasteiger partial charge >= 0.3 is 0 Å². The third-order valence-electron chi connectivity index (χ3n) is 1.80. The zero-order valence-electron chi connectivity index (χ0n) is 8.52. The lowest BCUT2D eigenvalue weighted by molar-refractivity contribution is 0.604. The van der Waals surface area contributed by atoms with Gasteiger partial charge < -0.3 is 0 Å². The van der Waals surface area contributed by atoms with E-state index in [1.165, 1.54) is 4.88 Å². The Labute approximate surface area is 89.2 Å². The van der Waals surface area contributed by atoms with Crippen molar-refractivity contribution in [1.29, 1.82) is 0 Å². The van der Waals surface area contributed by atoms with E-state index in [1.54, 1.807) is 11.3 Å². The van der Waals surface area contributed by atoms with Gasteiger partial charge in [0.2, 0.25) is 0 Å². The van der Waals surface area contributed by atoms with Crippen LogP contribution in [0.5, 0.6) is 0 Å². The van der Waals surface area contributed by atoms with E-state index in [2.05, 4.69) is 26.8 Å². The van der Waals surface area contributed by atoms with Crippen LogP contribution in [0.4, 0.5) is 0 Å². The second-order valence-electron chi connectivity index (χ2n) is 4.09. The van der Waals surface area contributed by atoms with Crippen LogP contribution < -0.4 is 0 Å². The topological polar surface area (TPSA) is 0 Å². The molecule has 0 aromatic carbocycles. The Morgan fingerprint density at radius 1 is 1.38 bits per heavy atom. The van der Waals surface area contributed by atoms with E-state index < -0.39 is 0 Å². The smallest absolute Gasteiger partial charge is 0.100 e. The van der Waals surface area contributed by atoms with Gasteiger partial charge in [-0.3, -0.25) is 0 Å². The second-order valence-corrected chi connectivity index (χ2v) is 5.74. The molecule has 13 heavy (non-hydrogen) atoms. The molecule has 0 amide bonds. The normalized spacial score (nSPS) is 12.7. The van der Waals surface area contributed by atoms with Crippen molar-refractivity contribution in [2.75, 3.05) is 0 Å². The summed E-state index contributed by atoms with van der Waals surface area (Å²) in [6, 6.07) is 2.17. The van der Waals surface area contributed by atoms with Gasteiger partial charge in [0.25, 0.3) is 0 Å². The van der Waals surface area contributed by atoms with Gasteiger partial charge in [0.15, 0.2) is 0 Å². The molecule has 0 spiro atoms. The summed E-state index contributed by atoms with van der Waals surface area (Å²) in [5.74, 6) is 0. The summed E-state index contributed by atoms with van der Waals surface area (Å²) in [4.78, 5) is 1.34. The van der Waals surface area contributed by atoms with Crippen LogP contribution in [0.3, 0.4) is 0 Å². The largest absolute Gasteiger partial charge is 0.127 e. The minimum atomic E-state index is 0.203. The molecular formula is C11H15ClS. The number of hydrogen-bond donors (Lipinski definition) is 0. The lowest BCUT2D eigenvalue weighted by Crippen LogP contribution is -2.07. The Bertz CT molecular complexity index is 315. The monoisotopic (exact) mass is 214 g/mol. The molecule has 1 aromatic heterocycles. The third kappa shape index (κ3) is 2.58. The molecule has 1 aromatic rings. The fourth-order valence-electron chi connectivity index (χ4n) is 1.05. The highest BCUT2D eigenvalue weighted by Gasteiger charge is 2.17.